The molecule has 7 heteroatoms. The molecule has 0 saturated carbocycles. The first-order valence-electron chi connectivity index (χ1n) is 6.41. The highest BCUT2D eigenvalue weighted by Gasteiger charge is 2.19. The summed E-state index contributed by atoms with van der Waals surface area (Å²) in [7, 11) is 0. The number of hydrazone groups is 1. The number of phenolic OH excluding ortho intramolecular Hbond substituents is 1. The number of benzene rings is 2. The van der Waals surface area contributed by atoms with E-state index in [1.165, 1.54) is 0 Å². The summed E-state index contributed by atoms with van der Waals surface area (Å²) >= 11 is 17.9. The lowest BCUT2D eigenvalue weighted by Gasteiger charge is -2.12. The Morgan fingerprint density at radius 3 is 2.50 bits per heavy atom. The van der Waals surface area contributed by atoms with Gasteiger partial charge in [-0.15, -0.1) is 5.10 Å². The summed E-state index contributed by atoms with van der Waals surface area (Å²) in [5, 5.41) is 17.5. The Morgan fingerprint density at radius 1 is 1.05 bits per heavy atom. The van der Waals surface area contributed by atoms with Crippen LogP contribution in [-0.2, 0) is 11.3 Å². The number of nitrogens with zero attached hydrogens (tertiary/aromatic N) is 2. The predicted octanol–water partition coefficient (Wildman–Crippen LogP) is 4.50. The van der Waals surface area contributed by atoms with Gasteiger partial charge in [-0.1, -0.05) is 34.8 Å². The van der Waals surface area contributed by atoms with Crippen molar-refractivity contribution in [3.63, 3.8) is 0 Å². The molecule has 1 heterocycles. The zero-order valence-corrected chi connectivity index (χ0v) is 13.5. The maximum atomic E-state index is 9.84. The Kier molecular flexibility index (Phi) is 4.34. The number of halogens is 3. The molecular weight excluding hydrogens is 347 g/mol. The molecule has 4 nitrogen and oxygen atoms in total. The molecule has 2 aromatic carbocycles. The van der Waals surface area contributed by atoms with Gasteiger partial charge in [0.15, 0.2) is 6.73 Å². The summed E-state index contributed by atoms with van der Waals surface area (Å²) in [5.41, 5.74) is 1.38. The van der Waals surface area contributed by atoms with Gasteiger partial charge in [0.1, 0.15) is 5.75 Å². The van der Waals surface area contributed by atoms with E-state index in [-0.39, 0.29) is 12.5 Å². The molecule has 22 heavy (non-hydrogen) atoms. The fraction of sp³-hybridized carbons (Fsp3) is 0.133. The summed E-state index contributed by atoms with van der Waals surface area (Å²) < 4.78 is 5.55. The van der Waals surface area contributed by atoms with Gasteiger partial charge in [-0.25, -0.2) is 0 Å². The minimum atomic E-state index is 0.166. The van der Waals surface area contributed by atoms with Crippen molar-refractivity contribution in [3.8, 4) is 5.75 Å². The zero-order chi connectivity index (χ0) is 15.7. The van der Waals surface area contributed by atoms with E-state index in [1.807, 2.05) is 0 Å². The Balaban J connectivity index is 1.81. The molecule has 0 atom stereocenters. The number of hydrogen-bond acceptors (Lipinski definition) is 4. The van der Waals surface area contributed by atoms with Crippen molar-refractivity contribution in [1.82, 2.24) is 5.01 Å². The number of rotatable bonds is 3. The van der Waals surface area contributed by atoms with Gasteiger partial charge in [0.05, 0.1) is 6.54 Å². The van der Waals surface area contributed by atoms with E-state index in [0.717, 1.165) is 0 Å². The van der Waals surface area contributed by atoms with Crippen molar-refractivity contribution in [1.29, 1.82) is 0 Å². The van der Waals surface area contributed by atoms with E-state index in [2.05, 4.69) is 5.10 Å². The zero-order valence-electron chi connectivity index (χ0n) is 11.3. The van der Waals surface area contributed by atoms with Gasteiger partial charge in [-0.05, 0) is 36.4 Å². The predicted molar refractivity (Wildman–Crippen MR) is 87.6 cm³/mol. The lowest BCUT2D eigenvalue weighted by Crippen LogP contribution is -2.14. The van der Waals surface area contributed by atoms with Crippen LogP contribution in [0.15, 0.2) is 41.5 Å². The SMILES string of the molecule is Oc1ccc(Cl)cc1CN1COC(c2cc(Cl)cc(Cl)c2)=N1. The highest BCUT2D eigenvalue weighted by Crippen LogP contribution is 2.25. The molecule has 0 aliphatic carbocycles. The summed E-state index contributed by atoms with van der Waals surface area (Å²) in [6.45, 7) is 0.648. The van der Waals surface area contributed by atoms with Crippen LogP contribution in [0.5, 0.6) is 5.75 Å². The quantitative estimate of drug-likeness (QED) is 0.879. The van der Waals surface area contributed by atoms with Crippen LogP contribution in [0.25, 0.3) is 0 Å². The van der Waals surface area contributed by atoms with Gasteiger partial charge in [0.2, 0.25) is 5.90 Å². The standard InChI is InChI=1S/C15H11Cl3N2O2/c16-11-1-2-14(21)10(5-11)7-20-8-22-15(19-20)9-3-12(17)6-13(18)4-9/h1-6,21H,7-8H2. The number of aromatic hydroxyl groups is 1. The number of ether oxygens (including phenoxy) is 1. The number of phenols is 1. The van der Waals surface area contributed by atoms with Gasteiger partial charge < -0.3 is 9.84 Å². The molecule has 3 rings (SSSR count). The monoisotopic (exact) mass is 356 g/mol. The normalized spacial score (nSPS) is 14.0. The second-order valence-corrected chi connectivity index (χ2v) is 6.08. The van der Waals surface area contributed by atoms with Gasteiger partial charge in [0.25, 0.3) is 0 Å². The maximum Gasteiger partial charge on any atom is 0.240 e. The van der Waals surface area contributed by atoms with Gasteiger partial charge >= 0.3 is 0 Å². The third-order valence-corrected chi connectivity index (χ3v) is 3.76. The Labute approximate surface area is 142 Å². The highest BCUT2D eigenvalue weighted by atomic mass is 35.5. The minimum Gasteiger partial charge on any atom is -0.508 e. The fourth-order valence-electron chi connectivity index (χ4n) is 2.10. The summed E-state index contributed by atoms with van der Waals surface area (Å²) in [6.07, 6.45) is 0. The smallest absolute Gasteiger partial charge is 0.240 e. The maximum absolute atomic E-state index is 9.84. The average Bonchev–Trinajstić information content (AvgIpc) is 2.90. The summed E-state index contributed by atoms with van der Waals surface area (Å²) in [4.78, 5) is 0. The van der Waals surface area contributed by atoms with Gasteiger partial charge in [-0.3, -0.25) is 5.01 Å². The largest absolute Gasteiger partial charge is 0.508 e. The lowest BCUT2D eigenvalue weighted by atomic mass is 10.2. The van der Waals surface area contributed by atoms with Crippen LogP contribution in [0, 0.1) is 0 Å². The van der Waals surface area contributed by atoms with Crippen LogP contribution in [-0.4, -0.2) is 22.7 Å². The van der Waals surface area contributed by atoms with Crippen molar-refractivity contribution < 1.29 is 9.84 Å². The molecule has 114 valence electrons. The van der Waals surface area contributed by atoms with Crippen LogP contribution in [0.4, 0.5) is 0 Å². The van der Waals surface area contributed by atoms with E-state index < -0.39 is 0 Å². The topological polar surface area (TPSA) is 45.1 Å². The van der Waals surface area contributed by atoms with Crippen molar-refractivity contribution in [2.24, 2.45) is 5.10 Å². The molecule has 1 aliphatic rings. The highest BCUT2D eigenvalue weighted by molar-refractivity contribution is 6.35. The summed E-state index contributed by atoms with van der Waals surface area (Å²) in [5.74, 6) is 0.602. The molecule has 0 amide bonds. The number of hydrogen-bond donors (Lipinski definition) is 1. The average molecular weight is 358 g/mol. The van der Waals surface area contributed by atoms with E-state index in [9.17, 15) is 5.11 Å². The van der Waals surface area contributed by atoms with Crippen LogP contribution in [0.3, 0.4) is 0 Å². The Hall–Kier alpha value is -1.62. The van der Waals surface area contributed by atoms with Crippen molar-refractivity contribution >= 4 is 40.7 Å². The van der Waals surface area contributed by atoms with Crippen molar-refractivity contribution in [2.45, 2.75) is 6.54 Å². The fourth-order valence-corrected chi connectivity index (χ4v) is 2.82. The van der Waals surface area contributed by atoms with E-state index >= 15 is 0 Å². The molecule has 0 saturated heterocycles. The molecular formula is C15H11Cl3N2O2. The third-order valence-electron chi connectivity index (χ3n) is 3.09. The first-order valence-corrected chi connectivity index (χ1v) is 7.55. The summed E-state index contributed by atoms with van der Waals surface area (Å²) in [6, 6.07) is 9.98. The lowest BCUT2D eigenvalue weighted by molar-refractivity contribution is 0.161. The first kappa shape index (κ1) is 15.3. The van der Waals surface area contributed by atoms with Crippen LogP contribution in [0.1, 0.15) is 11.1 Å². The first-order chi connectivity index (χ1) is 10.5. The van der Waals surface area contributed by atoms with Gasteiger partial charge in [-0.2, -0.15) is 0 Å². The second kappa shape index (κ2) is 6.24. The molecule has 0 aromatic heterocycles. The minimum absolute atomic E-state index is 0.166. The molecule has 0 spiro atoms. The van der Waals surface area contributed by atoms with Crippen molar-refractivity contribution in [3.05, 3.63) is 62.6 Å². The Bertz CT molecular complexity index is 729. The van der Waals surface area contributed by atoms with Crippen molar-refractivity contribution in [2.75, 3.05) is 6.73 Å². The molecule has 1 aliphatic heterocycles. The van der Waals surface area contributed by atoms with E-state index in [0.29, 0.717) is 38.6 Å². The van der Waals surface area contributed by atoms with Crippen LogP contribution >= 0.6 is 34.8 Å². The van der Waals surface area contributed by atoms with Gasteiger partial charge in [0, 0.05) is 26.2 Å². The molecule has 0 bridgehead atoms. The second-order valence-electron chi connectivity index (χ2n) is 4.77. The molecule has 0 unspecified atom stereocenters. The molecule has 0 radical (unpaired) electrons. The molecule has 0 fully saturated rings. The molecule has 2 aromatic rings. The van der Waals surface area contributed by atoms with Crippen LogP contribution < -0.4 is 0 Å². The molecule has 1 N–H and O–H groups in total. The third kappa shape index (κ3) is 3.40. The van der Waals surface area contributed by atoms with E-state index in [1.54, 1.807) is 41.4 Å². The Morgan fingerprint density at radius 2 is 1.77 bits per heavy atom. The van der Waals surface area contributed by atoms with Crippen LogP contribution in [0.2, 0.25) is 15.1 Å². The van der Waals surface area contributed by atoms with E-state index in [4.69, 9.17) is 39.5 Å².